The molecule has 6 heteroatoms. The minimum Gasteiger partial charge on any atom is -0.390 e. The average Bonchev–Trinajstić information content (AvgIpc) is 2.31. The first-order valence-electron chi connectivity index (χ1n) is 5.53. The number of hydrogen-bond donors (Lipinski definition) is 3. The predicted molar refractivity (Wildman–Crippen MR) is 67.8 cm³/mol. The van der Waals surface area contributed by atoms with Gasteiger partial charge in [0.1, 0.15) is 5.82 Å². The third-order valence-corrected chi connectivity index (χ3v) is 2.82. The molecule has 0 heterocycles. The molecule has 100 valence electrons. The number of halogens is 2. The van der Waals surface area contributed by atoms with E-state index in [9.17, 15) is 14.3 Å². The Kier molecular flexibility index (Phi) is 5.53. The number of rotatable bonds is 5. The van der Waals surface area contributed by atoms with Crippen LogP contribution < -0.4 is 11.1 Å². The number of nitrogens with two attached hydrogens (primary N) is 1. The Morgan fingerprint density at radius 3 is 2.78 bits per heavy atom. The zero-order valence-electron chi connectivity index (χ0n) is 9.99. The van der Waals surface area contributed by atoms with Gasteiger partial charge in [-0.15, -0.1) is 0 Å². The number of hydrogen-bond acceptors (Lipinski definition) is 3. The van der Waals surface area contributed by atoms with Crippen LogP contribution in [0, 0.1) is 5.82 Å². The van der Waals surface area contributed by atoms with E-state index in [4.69, 9.17) is 17.3 Å². The van der Waals surface area contributed by atoms with Crippen molar-refractivity contribution in [1.29, 1.82) is 0 Å². The van der Waals surface area contributed by atoms with Crippen LogP contribution in [-0.2, 0) is 11.2 Å². The van der Waals surface area contributed by atoms with Crippen molar-refractivity contribution in [3.8, 4) is 0 Å². The largest absolute Gasteiger partial charge is 0.390 e. The van der Waals surface area contributed by atoms with E-state index < -0.39 is 18.0 Å². The molecule has 0 bridgehead atoms. The van der Waals surface area contributed by atoms with E-state index in [-0.39, 0.29) is 17.5 Å². The summed E-state index contributed by atoms with van der Waals surface area (Å²) in [6.45, 7) is 1.38. The number of aliphatic hydroxyl groups is 1. The highest BCUT2D eigenvalue weighted by Gasteiger charge is 2.19. The second-order valence-electron chi connectivity index (χ2n) is 4.06. The number of amides is 1. The molecule has 18 heavy (non-hydrogen) atoms. The normalized spacial score (nSPS) is 14.1. The van der Waals surface area contributed by atoms with Gasteiger partial charge in [0.25, 0.3) is 0 Å². The summed E-state index contributed by atoms with van der Waals surface area (Å²) >= 11 is 5.67. The van der Waals surface area contributed by atoms with Gasteiger partial charge in [0.2, 0.25) is 5.91 Å². The van der Waals surface area contributed by atoms with Crippen molar-refractivity contribution in [2.45, 2.75) is 25.5 Å². The SMILES string of the molecule is CC(=O)N[C@@H](Cc1ccc(F)c(Cl)c1)[C@H](O)CN. The first-order chi connectivity index (χ1) is 8.43. The number of carbonyl (C=O) groups is 1. The maximum Gasteiger partial charge on any atom is 0.217 e. The molecule has 0 fully saturated rings. The average molecular weight is 275 g/mol. The van der Waals surface area contributed by atoms with Crippen molar-refractivity contribution in [3.05, 3.63) is 34.6 Å². The smallest absolute Gasteiger partial charge is 0.217 e. The van der Waals surface area contributed by atoms with Gasteiger partial charge < -0.3 is 16.2 Å². The summed E-state index contributed by atoms with van der Waals surface area (Å²) in [5.74, 6) is -0.767. The van der Waals surface area contributed by atoms with Gasteiger partial charge in [-0.05, 0) is 24.1 Å². The summed E-state index contributed by atoms with van der Waals surface area (Å²) in [5.41, 5.74) is 6.08. The van der Waals surface area contributed by atoms with E-state index >= 15 is 0 Å². The van der Waals surface area contributed by atoms with E-state index in [1.807, 2.05) is 0 Å². The lowest BCUT2D eigenvalue weighted by molar-refractivity contribution is -0.120. The fraction of sp³-hybridized carbons (Fsp3) is 0.417. The Morgan fingerprint density at radius 2 is 2.28 bits per heavy atom. The van der Waals surface area contributed by atoms with E-state index in [0.29, 0.717) is 12.0 Å². The van der Waals surface area contributed by atoms with Crippen molar-refractivity contribution in [2.24, 2.45) is 5.73 Å². The number of aliphatic hydroxyl groups excluding tert-OH is 1. The lowest BCUT2D eigenvalue weighted by Crippen LogP contribution is -2.47. The minimum absolute atomic E-state index is 0.0105. The molecule has 1 rings (SSSR count). The lowest BCUT2D eigenvalue weighted by atomic mass is 10.0. The van der Waals surface area contributed by atoms with E-state index in [1.165, 1.54) is 19.1 Å². The molecular formula is C12H16ClFN2O2. The van der Waals surface area contributed by atoms with Crippen molar-refractivity contribution < 1.29 is 14.3 Å². The van der Waals surface area contributed by atoms with Gasteiger partial charge >= 0.3 is 0 Å². The van der Waals surface area contributed by atoms with Crippen LogP contribution in [0.4, 0.5) is 4.39 Å². The molecule has 0 aliphatic heterocycles. The summed E-state index contributed by atoms with van der Waals surface area (Å²) in [6.07, 6.45) is -0.532. The second-order valence-corrected chi connectivity index (χ2v) is 4.47. The molecule has 0 spiro atoms. The molecule has 1 amide bonds. The maximum absolute atomic E-state index is 13.0. The van der Waals surface area contributed by atoms with Crippen LogP contribution in [0.3, 0.4) is 0 Å². The standard InChI is InChI=1S/C12H16ClFN2O2/c1-7(17)16-11(12(18)6-15)5-8-2-3-10(14)9(13)4-8/h2-4,11-12,18H,5-6,15H2,1H3,(H,16,17)/t11-,12+/m0/s1. The van der Waals surface area contributed by atoms with Crippen LogP contribution >= 0.6 is 11.6 Å². The molecule has 0 unspecified atom stereocenters. The zero-order chi connectivity index (χ0) is 13.7. The summed E-state index contributed by atoms with van der Waals surface area (Å²) in [7, 11) is 0. The molecule has 1 aromatic carbocycles. The summed E-state index contributed by atoms with van der Waals surface area (Å²) in [4.78, 5) is 11.0. The Morgan fingerprint density at radius 1 is 1.61 bits per heavy atom. The molecule has 4 N–H and O–H groups in total. The molecule has 0 aromatic heterocycles. The summed E-state index contributed by atoms with van der Waals surface area (Å²) in [6, 6.07) is 3.75. The first-order valence-corrected chi connectivity index (χ1v) is 5.91. The second kappa shape index (κ2) is 6.68. The highest BCUT2D eigenvalue weighted by Crippen LogP contribution is 2.17. The Hall–Kier alpha value is -1.17. The molecule has 2 atom stereocenters. The Balaban J connectivity index is 2.81. The molecule has 4 nitrogen and oxygen atoms in total. The van der Waals surface area contributed by atoms with Crippen LogP contribution in [0.1, 0.15) is 12.5 Å². The predicted octanol–water partition coefficient (Wildman–Crippen LogP) is 0.846. The molecule has 0 saturated heterocycles. The van der Waals surface area contributed by atoms with Gasteiger partial charge in [-0.25, -0.2) is 4.39 Å². The lowest BCUT2D eigenvalue weighted by Gasteiger charge is -2.22. The zero-order valence-corrected chi connectivity index (χ0v) is 10.7. The van der Waals surface area contributed by atoms with Crippen LogP contribution in [0.5, 0.6) is 0 Å². The van der Waals surface area contributed by atoms with Crippen LogP contribution in [-0.4, -0.2) is 29.7 Å². The van der Waals surface area contributed by atoms with Gasteiger partial charge in [-0.2, -0.15) is 0 Å². The van der Waals surface area contributed by atoms with Crippen molar-refractivity contribution in [2.75, 3.05) is 6.54 Å². The van der Waals surface area contributed by atoms with E-state index in [2.05, 4.69) is 5.32 Å². The quantitative estimate of drug-likeness (QED) is 0.745. The van der Waals surface area contributed by atoms with Gasteiger partial charge in [-0.1, -0.05) is 17.7 Å². The maximum atomic E-state index is 13.0. The molecular weight excluding hydrogens is 259 g/mol. The van der Waals surface area contributed by atoms with Crippen molar-refractivity contribution in [1.82, 2.24) is 5.32 Å². The Labute approximate surface area is 110 Å². The minimum atomic E-state index is -0.863. The van der Waals surface area contributed by atoms with E-state index in [1.54, 1.807) is 6.07 Å². The monoisotopic (exact) mass is 274 g/mol. The van der Waals surface area contributed by atoms with Crippen LogP contribution in [0.25, 0.3) is 0 Å². The van der Waals surface area contributed by atoms with Gasteiger partial charge in [0, 0.05) is 13.5 Å². The fourth-order valence-corrected chi connectivity index (χ4v) is 1.83. The van der Waals surface area contributed by atoms with Crippen molar-refractivity contribution in [3.63, 3.8) is 0 Å². The summed E-state index contributed by atoms with van der Waals surface area (Å²) in [5, 5.41) is 12.3. The molecule has 0 aliphatic rings. The van der Waals surface area contributed by atoms with Crippen LogP contribution in [0.2, 0.25) is 5.02 Å². The molecule has 0 saturated carbocycles. The topological polar surface area (TPSA) is 75.3 Å². The van der Waals surface area contributed by atoms with Crippen molar-refractivity contribution >= 4 is 17.5 Å². The number of benzene rings is 1. The van der Waals surface area contributed by atoms with E-state index in [0.717, 1.165) is 0 Å². The molecule has 1 aromatic rings. The van der Waals surface area contributed by atoms with Gasteiger partial charge in [0.15, 0.2) is 0 Å². The molecule has 0 aliphatic carbocycles. The summed E-state index contributed by atoms with van der Waals surface area (Å²) < 4.78 is 13.0. The number of nitrogens with one attached hydrogen (secondary N) is 1. The highest BCUT2D eigenvalue weighted by molar-refractivity contribution is 6.30. The first kappa shape index (κ1) is 14.9. The third-order valence-electron chi connectivity index (χ3n) is 2.53. The van der Waals surface area contributed by atoms with Crippen LogP contribution in [0.15, 0.2) is 18.2 Å². The molecule has 0 radical (unpaired) electrons. The Bertz CT molecular complexity index is 429. The number of carbonyl (C=O) groups excluding carboxylic acids is 1. The third kappa shape index (κ3) is 4.25. The van der Waals surface area contributed by atoms with Gasteiger partial charge in [-0.3, -0.25) is 4.79 Å². The fourth-order valence-electron chi connectivity index (χ4n) is 1.63. The highest BCUT2D eigenvalue weighted by atomic mass is 35.5. The van der Waals surface area contributed by atoms with Gasteiger partial charge in [0.05, 0.1) is 17.2 Å².